The number of carbonyl (C=O) groups excluding carboxylic acids is 4. The monoisotopic (exact) mass is 708 g/mol. The van der Waals surface area contributed by atoms with Crippen LogP contribution in [0.25, 0.3) is 0 Å². The maximum atomic E-state index is 12.8. The van der Waals surface area contributed by atoms with Gasteiger partial charge in [-0.2, -0.15) is 0 Å². The number of hydrogen-bond donors (Lipinski definition) is 2. The van der Waals surface area contributed by atoms with Crippen LogP contribution in [0.4, 0.5) is 0 Å². The third-order valence-corrected chi connectivity index (χ3v) is 8.38. The molecule has 0 fully saturated rings. The van der Waals surface area contributed by atoms with Gasteiger partial charge in [0.05, 0.1) is 22.3 Å². The lowest BCUT2D eigenvalue weighted by atomic mass is 9.78. The van der Waals surface area contributed by atoms with Crippen LogP contribution in [0.1, 0.15) is 66.4 Å². The van der Waals surface area contributed by atoms with E-state index >= 15 is 0 Å². The molecule has 0 aromatic heterocycles. The van der Waals surface area contributed by atoms with E-state index in [0.717, 1.165) is 11.1 Å². The molecule has 0 radical (unpaired) electrons. The molecule has 0 saturated carbocycles. The molecule has 0 bridgehead atoms. The van der Waals surface area contributed by atoms with E-state index < -0.39 is 29.3 Å². The molecular weight excluding hydrogens is 676 g/mol. The van der Waals surface area contributed by atoms with Gasteiger partial charge < -0.3 is 29.2 Å². The van der Waals surface area contributed by atoms with Crippen LogP contribution in [0.15, 0.2) is 146 Å². The molecule has 6 rings (SSSR count). The highest BCUT2D eigenvalue weighted by molar-refractivity contribution is 5.94. The fraction of sp³-hybridized carbons (Fsp3) is 0.0698. The van der Waals surface area contributed by atoms with E-state index in [-0.39, 0.29) is 45.3 Å². The number of phenols is 2. The van der Waals surface area contributed by atoms with Crippen LogP contribution in [-0.2, 0) is 5.41 Å². The highest BCUT2D eigenvalue weighted by atomic mass is 16.5. The van der Waals surface area contributed by atoms with Gasteiger partial charge in [-0.15, -0.1) is 0 Å². The van der Waals surface area contributed by atoms with Gasteiger partial charge in [0, 0.05) is 5.41 Å². The number of phenolic OH excluding ortho intramolecular Hbond substituents is 2. The summed E-state index contributed by atoms with van der Waals surface area (Å²) in [5.41, 5.74) is 2.53. The zero-order valence-corrected chi connectivity index (χ0v) is 28.5. The molecule has 2 N–H and O–H groups in total. The van der Waals surface area contributed by atoms with Crippen molar-refractivity contribution in [3.63, 3.8) is 0 Å². The fourth-order valence-corrected chi connectivity index (χ4v) is 5.22. The van der Waals surface area contributed by atoms with E-state index in [9.17, 15) is 29.4 Å². The largest absolute Gasteiger partial charge is 0.508 e. The Hall–Kier alpha value is -7.20. The van der Waals surface area contributed by atoms with E-state index in [1.165, 1.54) is 97.1 Å². The first kappa shape index (κ1) is 35.6. The van der Waals surface area contributed by atoms with Crippen molar-refractivity contribution in [3.8, 4) is 34.5 Å². The molecular formula is C43H32O10. The first-order valence-corrected chi connectivity index (χ1v) is 16.3. The van der Waals surface area contributed by atoms with Crippen molar-refractivity contribution in [1.29, 1.82) is 0 Å². The lowest BCUT2D eigenvalue weighted by Crippen LogP contribution is -2.19. The summed E-state index contributed by atoms with van der Waals surface area (Å²) in [4.78, 5) is 50.2. The quantitative estimate of drug-likeness (QED) is 0.105. The number of hydrogen-bond acceptors (Lipinski definition) is 10. The van der Waals surface area contributed by atoms with E-state index in [0.29, 0.717) is 11.5 Å². The van der Waals surface area contributed by atoms with Gasteiger partial charge in [-0.3, -0.25) is 0 Å². The lowest BCUT2D eigenvalue weighted by molar-refractivity contribution is 0.0720. The highest BCUT2D eigenvalue weighted by Gasteiger charge is 2.24. The third kappa shape index (κ3) is 8.76. The summed E-state index contributed by atoms with van der Waals surface area (Å²) < 4.78 is 21.8. The molecule has 10 nitrogen and oxygen atoms in total. The highest BCUT2D eigenvalue weighted by Crippen LogP contribution is 2.34. The van der Waals surface area contributed by atoms with Gasteiger partial charge in [0.2, 0.25) is 0 Å². The van der Waals surface area contributed by atoms with Gasteiger partial charge in [0.15, 0.2) is 0 Å². The normalized spacial score (nSPS) is 10.9. The number of rotatable bonds is 10. The van der Waals surface area contributed by atoms with Crippen LogP contribution in [0.5, 0.6) is 34.5 Å². The van der Waals surface area contributed by atoms with E-state index in [2.05, 4.69) is 0 Å². The standard InChI is InChI=1S/C43H32O10/c1-43(2,31-11-23-37(24-12-31)52-41(48)29-7-19-35(20-8-29)50-39(46)27-3-15-33(44)16-4-27)32-13-25-38(26-14-32)53-42(49)30-9-21-36(22-10-30)51-40(47)28-5-17-34(45)18-6-28/h3-26,44-45H,1-2H3. The van der Waals surface area contributed by atoms with Crippen LogP contribution in [-0.4, -0.2) is 34.1 Å². The Morgan fingerprint density at radius 1 is 0.358 bits per heavy atom. The first-order chi connectivity index (χ1) is 25.4. The molecule has 0 saturated heterocycles. The van der Waals surface area contributed by atoms with Crippen LogP contribution >= 0.6 is 0 Å². The van der Waals surface area contributed by atoms with Crippen LogP contribution in [0, 0.1) is 0 Å². The van der Waals surface area contributed by atoms with Gasteiger partial charge in [0.25, 0.3) is 0 Å². The molecule has 0 unspecified atom stereocenters. The van der Waals surface area contributed by atoms with Crippen LogP contribution in [0.3, 0.4) is 0 Å². The summed E-state index contributed by atoms with van der Waals surface area (Å²) in [7, 11) is 0. The number of carbonyl (C=O) groups is 4. The van der Waals surface area contributed by atoms with Crippen molar-refractivity contribution in [2.45, 2.75) is 19.3 Å². The Morgan fingerprint density at radius 2 is 0.566 bits per heavy atom. The minimum absolute atomic E-state index is 0.0362. The summed E-state index contributed by atoms with van der Waals surface area (Å²) in [6.45, 7) is 4.09. The lowest BCUT2D eigenvalue weighted by Gasteiger charge is -2.26. The Labute approximate surface area is 304 Å². The Morgan fingerprint density at radius 3 is 0.811 bits per heavy atom. The second-order valence-electron chi connectivity index (χ2n) is 12.4. The van der Waals surface area contributed by atoms with Crippen LogP contribution in [0.2, 0.25) is 0 Å². The van der Waals surface area contributed by atoms with Gasteiger partial charge >= 0.3 is 23.9 Å². The smallest absolute Gasteiger partial charge is 0.343 e. The van der Waals surface area contributed by atoms with E-state index in [4.69, 9.17) is 18.9 Å². The van der Waals surface area contributed by atoms with Gasteiger partial charge in [0.1, 0.15) is 34.5 Å². The average Bonchev–Trinajstić information content (AvgIpc) is 3.16. The molecule has 0 spiro atoms. The summed E-state index contributed by atoms with van der Waals surface area (Å²) >= 11 is 0. The van der Waals surface area contributed by atoms with Crippen molar-refractivity contribution < 1.29 is 48.3 Å². The fourth-order valence-electron chi connectivity index (χ4n) is 5.22. The van der Waals surface area contributed by atoms with Gasteiger partial charge in [-0.05, 0) is 132 Å². The van der Waals surface area contributed by atoms with Crippen molar-refractivity contribution in [2.24, 2.45) is 0 Å². The Kier molecular flexibility index (Phi) is 10.3. The Balaban J connectivity index is 1.01. The molecule has 10 heteroatoms. The molecule has 0 amide bonds. The number of benzene rings is 6. The predicted molar refractivity (Wildman–Crippen MR) is 194 cm³/mol. The van der Waals surface area contributed by atoms with Crippen molar-refractivity contribution >= 4 is 23.9 Å². The molecule has 6 aromatic carbocycles. The zero-order valence-electron chi connectivity index (χ0n) is 28.5. The second-order valence-corrected chi connectivity index (χ2v) is 12.4. The maximum Gasteiger partial charge on any atom is 0.343 e. The molecule has 0 atom stereocenters. The second kappa shape index (κ2) is 15.4. The first-order valence-electron chi connectivity index (χ1n) is 16.3. The topological polar surface area (TPSA) is 146 Å². The molecule has 0 aliphatic carbocycles. The molecule has 53 heavy (non-hydrogen) atoms. The number of ether oxygens (including phenoxy) is 4. The molecule has 6 aromatic rings. The van der Waals surface area contributed by atoms with Crippen molar-refractivity contribution in [3.05, 3.63) is 179 Å². The maximum absolute atomic E-state index is 12.8. The molecule has 0 heterocycles. The summed E-state index contributed by atoms with van der Waals surface area (Å²) in [5.74, 6) is -1.09. The third-order valence-electron chi connectivity index (χ3n) is 8.38. The number of aromatic hydroxyl groups is 2. The molecule has 0 aliphatic heterocycles. The minimum atomic E-state index is -0.600. The van der Waals surface area contributed by atoms with Gasteiger partial charge in [-0.1, -0.05) is 38.1 Å². The Bertz CT molecular complexity index is 2080. The number of esters is 4. The molecule has 0 aliphatic rings. The summed E-state index contributed by atoms with van der Waals surface area (Å²) in [6.07, 6.45) is 0. The van der Waals surface area contributed by atoms with Gasteiger partial charge in [-0.25, -0.2) is 19.2 Å². The van der Waals surface area contributed by atoms with Crippen molar-refractivity contribution in [2.75, 3.05) is 0 Å². The zero-order chi connectivity index (χ0) is 37.5. The summed E-state index contributed by atoms with van der Waals surface area (Å²) in [6, 6.07) is 37.6. The predicted octanol–water partition coefficient (Wildman–Crippen LogP) is 8.30. The van der Waals surface area contributed by atoms with E-state index in [1.807, 2.05) is 38.1 Å². The average molecular weight is 709 g/mol. The molecule has 264 valence electrons. The van der Waals surface area contributed by atoms with Crippen molar-refractivity contribution in [1.82, 2.24) is 0 Å². The SMILES string of the molecule is CC(C)(c1ccc(OC(=O)c2ccc(OC(=O)c3ccc(O)cc3)cc2)cc1)c1ccc(OC(=O)c2ccc(OC(=O)c3ccc(O)cc3)cc2)cc1. The minimum Gasteiger partial charge on any atom is -0.508 e. The summed E-state index contributed by atoms with van der Waals surface area (Å²) in [5, 5.41) is 18.8. The van der Waals surface area contributed by atoms with Crippen LogP contribution < -0.4 is 18.9 Å². The van der Waals surface area contributed by atoms with E-state index in [1.54, 1.807) is 24.3 Å².